The highest BCUT2D eigenvalue weighted by Crippen LogP contribution is 2.63. The third-order valence-corrected chi connectivity index (χ3v) is 4.66. The maximum absolute atomic E-state index is 5.30. The summed E-state index contributed by atoms with van der Waals surface area (Å²) in [7, 11) is 0. The van der Waals surface area contributed by atoms with Crippen LogP contribution in [0.4, 0.5) is 0 Å². The van der Waals surface area contributed by atoms with Gasteiger partial charge in [-0.1, -0.05) is 44.6 Å². The van der Waals surface area contributed by atoms with Gasteiger partial charge in [-0.25, -0.2) is 0 Å². The number of rotatable bonds is 4. The van der Waals surface area contributed by atoms with Crippen LogP contribution < -0.4 is 5.73 Å². The molecule has 1 heteroatoms. The molecule has 0 aromatic rings. The first-order valence-electron chi connectivity index (χ1n) is 6.35. The van der Waals surface area contributed by atoms with Gasteiger partial charge < -0.3 is 5.73 Å². The van der Waals surface area contributed by atoms with Crippen molar-refractivity contribution in [1.82, 2.24) is 0 Å². The van der Waals surface area contributed by atoms with Gasteiger partial charge >= 0.3 is 0 Å². The van der Waals surface area contributed by atoms with Crippen LogP contribution in [0.15, 0.2) is 36.1 Å². The Labute approximate surface area is 99.1 Å². The van der Waals surface area contributed by atoms with Gasteiger partial charge in [0.15, 0.2) is 0 Å². The van der Waals surface area contributed by atoms with Gasteiger partial charge in [0, 0.05) is 0 Å². The molecule has 2 rings (SSSR count). The Morgan fingerprint density at radius 3 is 2.62 bits per heavy atom. The monoisotopic (exact) mass is 217 g/mol. The van der Waals surface area contributed by atoms with Crippen molar-refractivity contribution < 1.29 is 0 Å². The first kappa shape index (κ1) is 11.5. The third kappa shape index (κ3) is 1.73. The van der Waals surface area contributed by atoms with Gasteiger partial charge in [-0.3, -0.25) is 0 Å². The largest absolute Gasteiger partial charge is 0.405 e. The molecule has 0 spiro atoms. The molecule has 0 amide bonds. The summed E-state index contributed by atoms with van der Waals surface area (Å²) in [5.41, 5.74) is 7.41. The van der Waals surface area contributed by atoms with Crippen molar-refractivity contribution in [2.45, 2.75) is 33.6 Å². The Kier molecular flexibility index (Phi) is 2.96. The summed E-state index contributed by atoms with van der Waals surface area (Å²) in [6, 6.07) is 0. The zero-order valence-corrected chi connectivity index (χ0v) is 10.6. The summed E-state index contributed by atoms with van der Waals surface area (Å²) < 4.78 is 0. The van der Waals surface area contributed by atoms with Crippen molar-refractivity contribution in [3.8, 4) is 0 Å². The lowest BCUT2D eigenvalue weighted by Crippen LogP contribution is -2.37. The average molecular weight is 217 g/mol. The van der Waals surface area contributed by atoms with Crippen molar-refractivity contribution in [2.75, 3.05) is 0 Å². The second-order valence-corrected chi connectivity index (χ2v) is 5.60. The Bertz CT molecular complexity index is 350. The van der Waals surface area contributed by atoms with E-state index in [-0.39, 0.29) is 0 Å². The molecule has 0 heterocycles. The molecule has 4 atom stereocenters. The molecule has 0 aliphatic heterocycles. The van der Waals surface area contributed by atoms with Crippen LogP contribution in [0.5, 0.6) is 0 Å². The fraction of sp³-hybridized carbons (Fsp3) is 0.600. The number of allylic oxidation sites excluding steroid dienone is 5. The minimum Gasteiger partial charge on any atom is -0.405 e. The van der Waals surface area contributed by atoms with E-state index < -0.39 is 0 Å². The smallest absolute Gasteiger partial charge is 0.00222 e. The van der Waals surface area contributed by atoms with Gasteiger partial charge in [-0.05, 0) is 48.3 Å². The fourth-order valence-corrected chi connectivity index (χ4v) is 3.21. The second kappa shape index (κ2) is 4.12. The summed E-state index contributed by atoms with van der Waals surface area (Å²) in [5.74, 6) is 2.63. The highest BCUT2D eigenvalue weighted by atomic mass is 14.6. The predicted molar refractivity (Wildman–Crippen MR) is 69.7 cm³/mol. The zero-order valence-electron chi connectivity index (χ0n) is 10.6. The maximum Gasteiger partial charge on any atom is -0.00222 e. The topological polar surface area (TPSA) is 26.0 Å². The quantitative estimate of drug-likeness (QED) is 0.564. The molecule has 0 saturated heterocycles. The van der Waals surface area contributed by atoms with Crippen LogP contribution in [0.3, 0.4) is 0 Å². The highest BCUT2D eigenvalue weighted by molar-refractivity contribution is 5.33. The van der Waals surface area contributed by atoms with E-state index in [1.54, 1.807) is 11.8 Å². The van der Waals surface area contributed by atoms with Crippen LogP contribution in [-0.4, -0.2) is 0 Å². The summed E-state index contributed by atoms with van der Waals surface area (Å²) in [4.78, 5) is 0. The predicted octanol–water partition coefficient (Wildman–Crippen LogP) is 3.64. The maximum atomic E-state index is 5.30. The lowest BCUT2D eigenvalue weighted by atomic mass is 9.58. The highest BCUT2D eigenvalue weighted by Gasteiger charge is 2.54. The van der Waals surface area contributed by atoms with Crippen molar-refractivity contribution in [2.24, 2.45) is 28.9 Å². The molecule has 88 valence electrons. The molecule has 1 fully saturated rings. The molecule has 0 aromatic heterocycles. The van der Waals surface area contributed by atoms with E-state index in [0.717, 1.165) is 24.2 Å². The van der Waals surface area contributed by atoms with E-state index in [2.05, 4.69) is 32.9 Å². The SMILES string of the molecule is CC1C[C@@H]1C1(C)C(C/C=C\C=C/N)=CC1C. The molecular weight excluding hydrogens is 194 g/mol. The van der Waals surface area contributed by atoms with Gasteiger partial charge in [0.25, 0.3) is 0 Å². The summed E-state index contributed by atoms with van der Waals surface area (Å²) in [5, 5.41) is 0. The lowest BCUT2D eigenvalue weighted by molar-refractivity contribution is 0.199. The number of nitrogens with two attached hydrogens (primary N) is 1. The molecule has 0 aromatic carbocycles. The van der Waals surface area contributed by atoms with Crippen molar-refractivity contribution in [1.29, 1.82) is 0 Å². The van der Waals surface area contributed by atoms with E-state index in [9.17, 15) is 0 Å². The van der Waals surface area contributed by atoms with Gasteiger partial charge in [0.2, 0.25) is 0 Å². The van der Waals surface area contributed by atoms with Crippen molar-refractivity contribution in [3.63, 3.8) is 0 Å². The summed E-state index contributed by atoms with van der Waals surface area (Å²) in [6.07, 6.45) is 12.7. The summed E-state index contributed by atoms with van der Waals surface area (Å²) in [6.45, 7) is 7.19. The fourth-order valence-electron chi connectivity index (χ4n) is 3.21. The first-order valence-corrected chi connectivity index (χ1v) is 6.35. The Morgan fingerprint density at radius 1 is 1.44 bits per heavy atom. The van der Waals surface area contributed by atoms with Gasteiger partial charge in [0.1, 0.15) is 0 Å². The van der Waals surface area contributed by atoms with E-state index in [0.29, 0.717) is 5.41 Å². The van der Waals surface area contributed by atoms with Crippen LogP contribution in [0.2, 0.25) is 0 Å². The van der Waals surface area contributed by atoms with Gasteiger partial charge in [-0.15, -0.1) is 0 Å². The van der Waals surface area contributed by atoms with Gasteiger partial charge in [0.05, 0.1) is 0 Å². The zero-order chi connectivity index (χ0) is 11.8. The minimum atomic E-state index is 0.482. The Balaban J connectivity index is 1.98. The standard InChI is InChI=1S/C15H23N/c1-11-9-14(11)15(3)12(2)10-13(15)7-5-4-6-8-16/h4-6,8,10-12,14H,7,9,16H2,1-3H3/b5-4-,8-6-/t11?,12?,14-,15?/m0/s1. The molecule has 0 radical (unpaired) electrons. The molecule has 2 aliphatic carbocycles. The molecule has 3 unspecified atom stereocenters. The summed E-state index contributed by atoms with van der Waals surface area (Å²) >= 11 is 0. The third-order valence-electron chi connectivity index (χ3n) is 4.66. The number of hydrogen-bond acceptors (Lipinski definition) is 1. The van der Waals surface area contributed by atoms with E-state index in [1.165, 1.54) is 6.42 Å². The minimum absolute atomic E-state index is 0.482. The van der Waals surface area contributed by atoms with Crippen LogP contribution in [-0.2, 0) is 0 Å². The molecular formula is C15H23N. The second-order valence-electron chi connectivity index (χ2n) is 5.60. The molecule has 0 bridgehead atoms. The van der Waals surface area contributed by atoms with Crippen LogP contribution in [0.25, 0.3) is 0 Å². The molecule has 2 N–H and O–H groups in total. The lowest BCUT2D eigenvalue weighted by Gasteiger charge is -2.46. The number of hydrogen-bond donors (Lipinski definition) is 1. The van der Waals surface area contributed by atoms with E-state index in [1.807, 2.05) is 12.2 Å². The molecule has 1 nitrogen and oxygen atoms in total. The average Bonchev–Trinajstić information content (AvgIpc) is 2.99. The Hall–Kier alpha value is -0.980. The molecule has 2 aliphatic rings. The van der Waals surface area contributed by atoms with Crippen molar-refractivity contribution in [3.05, 3.63) is 36.1 Å². The molecule has 1 saturated carbocycles. The Morgan fingerprint density at radius 2 is 2.12 bits per heavy atom. The van der Waals surface area contributed by atoms with Crippen LogP contribution in [0, 0.1) is 23.2 Å². The first-order chi connectivity index (χ1) is 7.60. The normalized spacial score (nSPS) is 42.4. The molecule has 16 heavy (non-hydrogen) atoms. The van der Waals surface area contributed by atoms with Crippen LogP contribution >= 0.6 is 0 Å². The van der Waals surface area contributed by atoms with E-state index in [4.69, 9.17) is 5.73 Å². The van der Waals surface area contributed by atoms with Crippen LogP contribution in [0.1, 0.15) is 33.6 Å². The van der Waals surface area contributed by atoms with Gasteiger partial charge in [-0.2, -0.15) is 0 Å². The van der Waals surface area contributed by atoms with E-state index >= 15 is 0 Å². The van der Waals surface area contributed by atoms with Crippen molar-refractivity contribution >= 4 is 0 Å².